The van der Waals surface area contributed by atoms with Crippen molar-refractivity contribution >= 4 is 28.5 Å². The molecule has 0 saturated carbocycles. The maximum absolute atomic E-state index is 12.2. The van der Waals surface area contributed by atoms with Crippen LogP contribution in [0.25, 0.3) is 22.1 Å². The molecule has 3 aromatic rings. The van der Waals surface area contributed by atoms with Crippen molar-refractivity contribution in [2.45, 2.75) is 0 Å². The van der Waals surface area contributed by atoms with Crippen LogP contribution < -0.4 is 5.63 Å². The van der Waals surface area contributed by atoms with E-state index in [0.717, 1.165) is 5.39 Å². The van der Waals surface area contributed by atoms with Gasteiger partial charge < -0.3 is 9.15 Å². The zero-order valence-electron chi connectivity index (χ0n) is 12.4. The molecule has 0 unspecified atom stereocenters. The molecule has 0 aliphatic heterocycles. The monoisotopic (exact) mass is 338 g/mol. The fraction of sp³-hybridized carbons (Fsp3) is 0.0526. The van der Waals surface area contributed by atoms with E-state index in [0.29, 0.717) is 16.7 Å². The average Bonchev–Trinajstić information content (AvgIpc) is 2.59. The first-order chi connectivity index (χ1) is 11.6. The van der Waals surface area contributed by atoms with Crippen LogP contribution in [0.4, 0.5) is 0 Å². The van der Waals surface area contributed by atoms with Crippen molar-refractivity contribution in [1.29, 1.82) is 0 Å². The minimum Gasteiger partial charge on any atom is -0.449 e. The highest BCUT2D eigenvalue weighted by Crippen LogP contribution is 2.26. The van der Waals surface area contributed by atoms with Gasteiger partial charge in [0, 0.05) is 5.39 Å². The number of terminal acetylenes is 1. The van der Waals surface area contributed by atoms with E-state index in [9.17, 15) is 9.59 Å². The molecule has 2 aromatic carbocycles. The van der Waals surface area contributed by atoms with Gasteiger partial charge in [-0.25, -0.2) is 9.59 Å². The molecule has 0 amide bonds. The third-order valence-electron chi connectivity index (χ3n) is 3.43. The van der Waals surface area contributed by atoms with Gasteiger partial charge in [-0.1, -0.05) is 41.8 Å². The molecule has 0 bridgehead atoms. The molecule has 5 heteroatoms. The van der Waals surface area contributed by atoms with Crippen LogP contribution in [0.1, 0.15) is 10.4 Å². The highest BCUT2D eigenvalue weighted by molar-refractivity contribution is 6.33. The van der Waals surface area contributed by atoms with E-state index in [1.54, 1.807) is 24.3 Å². The lowest BCUT2D eigenvalue weighted by atomic mass is 10.0. The molecule has 0 fully saturated rings. The Kier molecular flexibility index (Phi) is 4.37. The third-order valence-corrected chi connectivity index (χ3v) is 3.75. The van der Waals surface area contributed by atoms with E-state index in [4.69, 9.17) is 27.2 Å². The first-order valence-electron chi connectivity index (χ1n) is 7.03. The number of halogens is 1. The van der Waals surface area contributed by atoms with Gasteiger partial charge in [0.15, 0.2) is 6.61 Å². The number of carbonyl (C=O) groups is 1. The summed E-state index contributed by atoms with van der Waals surface area (Å²) in [5.41, 5.74) is 0.965. The molecule has 0 spiro atoms. The fourth-order valence-corrected chi connectivity index (χ4v) is 2.49. The van der Waals surface area contributed by atoms with Crippen LogP contribution in [-0.4, -0.2) is 12.6 Å². The fourth-order valence-electron chi connectivity index (χ4n) is 2.30. The number of ether oxygens (including phenoxy) is 1. The second kappa shape index (κ2) is 6.61. The van der Waals surface area contributed by atoms with E-state index in [1.165, 1.54) is 12.1 Å². The quantitative estimate of drug-likeness (QED) is 0.413. The number of benzene rings is 2. The Morgan fingerprint density at radius 1 is 1.21 bits per heavy atom. The van der Waals surface area contributed by atoms with Crippen molar-refractivity contribution in [2.24, 2.45) is 0 Å². The number of fused-ring (bicyclic) bond motifs is 1. The molecule has 0 N–H and O–H groups in total. The van der Waals surface area contributed by atoms with Gasteiger partial charge in [-0.3, -0.25) is 0 Å². The zero-order chi connectivity index (χ0) is 17.1. The molecule has 24 heavy (non-hydrogen) atoms. The molecule has 118 valence electrons. The van der Waals surface area contributed by atoms with Gasteiger partial charge in [0.2, 0.25) is 0 Å². The van der Waals surface area contributed by atoms with Crippen molar-refractivity contribution in [1.82, 2.24) is 0 Å². The molecule has 0 radical (unpaired) electrons. The smallest absolute Gasteiger partial charge is 0.344 e. The number of esters is 1. The molecule has 1 aromatic heterocycles. The minimum absolute atomic E-state index is 0.136. The molecular weight excluding hydrogens is 328 g/mol. The lowest BCUT2D eigenvalue weighted by Gasteiger charge is -2.07. The Morgan fingerprint density at radius 3 is 2.79 bits per heavy atom. The van der Waals surface area contributed by atoms with Crippen LogP contribution in [-0.2, 0) is 4.74 Å². The van der Waals surface area contributed by atoms with Crippen molar-refractivity contribution in [3.63, 3.8) is 0 Å². The predicted molar refractivity (Wildman–Crippen MR) is 92.0 cm³/mol. The summed E-state index contributed by atoms with van der Waals surface area (Å²) < 4.78 is 10.2. The Labute approximate surface area is 142 Å². The van der Waals surface area contributed by atoms with Gasteiger partial charge in [0.25, 0.3) is 0 Å². The van der Waals surface area contributed by atoms with Crippen molar-refractivity contribution < 1.29 is 13.9 Å². The lowest BCUT2D eigenvalue weighted by molar-refractivity contribution is 0.0557. The van der Waals surface area contributed by atoms with Crippen molar-refractivity contribution in [3.8, 4) is 23.5 Å². The molecule has 3 rings (SSSR count). The molecule has 0 atom stereocenters. The largest absolute Gasteiger partial charge is 0.449 e. The second-order valence-electron chi connectivity index (χ2n) is 4.96. The number of hydrogen-bond acceptors (Lipinski definition) is 4. The minimum atomic E-state index is -0.648. The summed E-state index contributed by atoms with van der Waals surface area (Å²) in [5, 5.41) is 0.990. The summed E-state index contributed by atoms with van der Waals surface area (Å²) in [6.45, 7) is -0.155. The Hall–Kier alpha value is -3.03. The maximum atomic E-state index is 12.2. The summed E-state index contributed by atoms with van der Waals surface area (Å²) in [7, 11) is 0. The van der Waals surface area contributed by atoms with Crippen LogP contribution in [0, 0.1) is 12.3 Å². The molecular formula is C19H11ClO4. The van der Waals surface area contributed by atoms with Crippen molar-refractivity contribution in [2.75, 3.05) is 6.61 Å². The number of carbonyl (C=O) groups excluding carboxylic acids is 1. The number of hydrogen-bond donors (Lipinski definition) is 0. The molecule has 1 heterocycles. The van der Waals surface area contributed by atoms with E-state index in [2.05, 4.69) is 5.92 Å². The Balaban J connectivity index is 2.10. The topological polar surface area (TPSA) is 56.5 Å². The van der Waals surface area contributed by atoms with Gasteiger partial charge >= 0.3 is 11.6 Å². The molecule has 4 nitrogen and oxygen atoms in total. The molecule has 0 saturated heterocycles. The number of rotatable bonds is 3. The van der Waals surface area contributed by atoms with Gasteiger partial charge in [-0.15, -0.1) is 6.42 Å². The summed E-state index contributed by atoms with van der Waals surface area (Å²) in [6, 6.07) is 13.5. The first-order valence-corrected chi connectivity index (χ1v) is 7.41. The van der Waals surface area contributed by atoms with Crippen LogP contribution in [0.5, 0.6) is 0 Å². The standard InChI is InChI=1S/C19H11ClO4/c1-2-9-23-18(21)15-10-12(7-8-16(15)20)14-11-13-5-3-4-6-17(13)24-19(14)22/h1,3-8,10-11H,9H2. The van der Waals surface area contributed by atoms with Gasteiger partial charge in [-0.05, 0) is 29.8 Å². The summed E-state index contributed by atoms with van der Waals surface area (Å²) in [5.74, 6) is 1.56. The maximum Gasteiger partial charge on any atom is 0.344 e. The van der Waals surface area contributed by atoms with E-state index in [-0.39, 0.29) is 17.2 Å². The van der Waals surface area contributed by atoms with E-state index in [1.807, 2.05) is 12.1 Å². The normalized spacial score (nSPS) is 10.3. The van der Waals surface area contributed by atoms with Gasteiger partial charge in [-0.2, -0.15) is 0 Å². The SMILES string of the molecule is C#CCOC(=O)c1cc(-c2cc3ccccc3oc2=O)ccc1Cl. The highest BCUT2D eigenvalue weighted by Gasteiger charge is 2.15. The van der Waals surface area contributed by atoms with Crippen LogP contribution >= 0.6 is 11.6 Å². The first kappa shape index (κ1) is 15.9. The zero-order valence-corrected chi connectivity index (χ0v) is 13.2. The van der Waals surface area contributed by atoms with Gasteiger partial charge in [0.1, 0.15) is 5.58 Å². The van der Waals surface area contributed by atoms with Crippen LogP contribution in [0.3, 0.4) is 0 Å². The molecule has 0 aliphatic rings. The third kappa shape index (κ3) is 3.03. The summed E-state index contributed by atoms with van der Waals surface area (Å²) in [6.07, 6.45) is 5.07. The summed E-state index contributed by atoms with van der Waals surface area (Å²) in [4.78, 5) is 24.2. The summed E-state index contributed by atoms with van der Waals surface area (Å²) >= 11 is 6.04. The Bertz CT molecular complexity index is 1030. The van der Waals surface area contributed by atoms with Crippen molar-refractivity contribution in [3.05, 3.63) is 69.5 Å². The average molecular weight is 339 g/mol. The van der Waals surface area contributed by atoms with Crippen LogP contribution in [0.15, 0.2) is 57.7 Å². The lowest BCUT2D eigenvalue weighted by Crippen LogP contribution is -2.08. The van der Waals surface area contributed by atoms with Gasteiger partial charge in [0.05, 0.1) is 16.1 Å². The van der Waals surface area contributed by atoms with E-state index >= 15 is 0 Å². The highest BCUT2D eigenvalue weighted by atomic mass is 35.5. The number of para-hydroxylation sites is 1. The van der Waals surface area contributed by atoms with E-state index < -0.39 is 11.6 Å². The van der Waals surface area contributed by atoms with Crippen LogP contribution in [0.2, 0.25) is 5.02 Å². The second-order valence-corrected chi connectivity index (χ2v) is 5.37. The molecule has 0 aliphatic carbocycles. The Morgan fingerprint density at radius 2 is 2.00 bits per heavy atom. The predicted octanol–water partition coefficient (Wildman–Crippen LogP) is 3.90.